The molecule has 1 rings (SSSR count). The summed E-state index contributed by atoms with van der Waals surface area (Å²) in [6, 6.07) is -0.372. The Labute approximate surface area is 125 Å². The number of urea groups is 1. The summed E-state index contributed by atoms with van der Waals surface area (Å²) in [5.41, 5.74) is -0.844. The van der Waals surface area contributed by atoms with Gasteiger partial charge in [0.15, 0.2) is 0 Å². The van der Waals surface area contributed by atoms with E-state index in [1.54, 1.807) is 27.7 Å². The fraction of sp³-hybridized carbons (Fsp3) is 0.846. The molecule has 1 saturated heterocycles. The lowest BCUT2D eigenvalue weighted by atomic mass is 10.1. The van der Waals surface area contributed by atoms with Crippen LogP contribution in [0.2, 0.25) is 0 Å². The number of carbonyl (C=O) groups is 2. The van der Waals surface area contributed by atoms with Gasteiger partial charge in [-0.1, -0.05) is 0 Å². The lowest BCUT2D eigenvalue weighted by Gasteiger charge is -2.18. The van der Waals surface area contributed by atoms with Gasteiger partial charge >= 0.3 is 13.6 Å². The maximum atomic E-state index is 12.2. The van der Waals surface area contributed by atoms with Gasteiger partial charge in [0.25, 0.3) is 5.91 Å². The molecule has 0 aromatic carbocycles. The Bertz CT molecular complexity index is 428. The zero-order valence-electron chi connectivity index (χ0n) is 13.2. The van der Waals surface area contributed by atoms with Crippen LogP contribution in [-0.4, -0.2) is 48.3 Å². The van der Waals surface area contributed by atoms with E-state index in [1.807, 2.05) is 0 Å². The highest BCUT2D eigenvalue weighted by molar-refractivity contribution is 7.53. The van der Waals surface area contributed by atoms with Gasteiger partial charge in [-0.05, 0) is 40.5 Å². The van der Waals surface area contributed by atoms with E-state index in [9.17, 15) is 14.2 Å². The van der Waals surface area contributed by atoms with Crippen LogP contribution in [0.4, 0.5) is 4.79 Å². The molecule has 21 heavy (non-hydrogen) atoms. The van der Waals surface area contributed by atoms with Crippen molar-refractivity contribution in [3.8, 4) is 0 Å². The first kappa shape index (κ1) is 18.1. The summed E-state index contributed by atoms with van der Waals surface area (Å²) in [6.07, 6.45) is 1.43. The van der Waals surface area contributed by atoms with Crippen molar-refractivity contribution in [2.45, 2.75) is 46.1 Å². The quantitative estimate of drug-likeness (QED) is 0.400. The predicted octanol–water partition coefficient (Wildman–Crippen LogP) is 2.36. The second-order valence-electron chi connectivity index (χ2n) is 5.39. The lowest BCUT2D eigenvalue weighted by Crippen LogP contribution is -2.40. The molecule has 0 spiro atoms. The van der Waals surface area contributed by atoms with E-state index in [0.717, 1.165) is 0 Å². The summed E-state index contributed by atoms with van der Waals surface area (Å²) in [5, 5.41) is 2.62. The third kappa shape index (κ3) is 4.80. The zero-order valence-corrected chi connectivity index (χ0v) is 14.1. The van der Waals surface area contributed by atoms with Gasteiger partial charge in [0.05, 0.1) is 19.4 Å². The van der Waals surface area contributed by atoms with Crippen LogP contribution in [0, 0.1) is 0 Å². The Kier molecular flexibility index (Phi) is 6.38. The lowest BCUT2D eigenvalue weighted by molar-refractivity contribution is -0.130. The molecule has 0 atom stereocenters. The monoisotopic (exact) mass is 320 g/mol. The fourth-order valence-corrected chi connectivity index (χ4v) is 3.89. The van der Waals surface area contributed by atoms with Crippen LogP contribution < -0.4 is 5.32 Å². The largest absolute Gasteiger partial charge is 0.330 e. The van der Waals surface area contributed by atoms with E-state index in [1.165, 1.54) is 4.90 Å². The number of hydrogen-bond acceptors (Lipinski definition) is 5. The summed E-state index contributed by atoms with van der Waals surface area (Å²) < 4.78 is 22.6. The van der Waals surface area contributed by atoms with Crippen molar-refractivity contribution < 1.29 is 23.2 Å². The first-order valence-corrected chi connectivity index (χ1v) is 9.01. The van der Waals surface area contributed by atoms with E-state index in [0.29, 0.717) is 38.8 Å². The van der Waals surface area contributed by atoms with Gasteiger partial charge in [-0.15, -0.1) is 0 Å². The number of hydrogen-bond donors (Lipinski definition) is 1. The maximum absolute atomic E-state index is 12.2. The second-order valence-corrected chi connectivity index (χ2v) is 7.57. The predicted molar refractivity (Wildman–Crippen MR) is 79.3 cm³/mol. The summed E-state index contributed by atoms with van der Waals surface area (Å²) >= 11 is 0. The number of imide groups is 1. The van der Waals surface area contributed by atoms with E-state index < -0.39 is 13.1 Å². The minimum absolute atomic E-state index is 0.231. The van der Waals surface area contributed by atoms with Crippen molar-refractivity contribution in [3.05, 3.63) is 0 Å². The van der Waals surface area contributed by atoms with E-state index in [-0.39, 0.29) is 11.9 Å². The molecular formula is C13H25N2O5P. The smallest absolute Gasteiger partial charge is 0.324 e. The molecule has 3 amide bonds. The topological polar surface area (TPSA) is 84.9 Å². The van der Waals surface area contributed by atoms with Crippen molar-refractivity contribution in [1.82, 2.24) is 10.2 Å². The molecular weight excluding hydrogens is 295 g/mol. The number of nitrogens with one attached hydrogen (secondary N) is 1. The van der Waals surface area contributed by atoms with E-state index in [2.05, 4.69) is 5.32 Å². The van der Waals surface area contributed by atoms with Crippen molar-refractivity contribution in [1.29, 1.82) is 0 Å². The molecule has 1 aliphatic rings. The molecule has 1 N–H and O–H groups in total. The van der Waals surface area contributed by atoms with E-state index in [4.69, 9.17) is 9.05 Å². The third-order valence-electron chi connectivity index (χ3n) is 3.16. The van der Waals surface area contributed by atoms with Crippen molar-refractivity contribution in [3.63, 3.8) is 0 Å². The number of rotatable bonds is 9. The first-order chi connectivity index (χ1) is 9.75. The summed E-state index contributed by atoms with van der Waals surface area (Å²) in [7, 11) is -3.04. The highest BCUT2D eigenvalue weighted by Crippen LogP contribution is 2.48. The van der Waals surface area contributed by atoms with E-state index >= 15 is 0 Å². The molecule has 0 aromatic rings. The molecule has 0 bridgehead atoms. The van der Waals surface area contributed by atoms with Gasteiger partial charge in [0.1, 0.15) is 5.54 Å². The highest BCUT2D eigenvalue weighted by Gasteiger charge is 2.43. The number of nitrogens with zero attached hydrogens (tertiary/aromatic N) is 1. The Balaban J connectivity index is 2.42. The van der Waals surface area contributed by atoms with Crippen LogP contribution >= 0.6 is 7.60 Å². The number of amides is 3. The SMILES string of the molecule is CCOP(=O)(CCCCN1C(=O)NC(C)(C)C1=O)OCC. The molecule has 122 valence electrons. The Morgan fingerprint density at radius 2 is 1.71 bits per heavy atom. The normalized spacial score (nSPS) is 18.2. The number of carbonyl (C=O) groups excluding carboxylic acids is 2. The average Bonchev–Trinajstić information content (AvgIpc) is 2.56. The standard InChI is InChI=1S/C13H25N2O5P/c1-5-19-21(18,20-6-2)10-8-7-9-15-11(16)13(3,4)14-12(15)17/h5-10H2,1-4H3,(H,14,17). The van der Waals surface area contributed by atoms with Gasteiger partial charge in [0, 0.05) is 6.54 Å². The molecule has 0 aliphatic carbocycles. The van der Waals surface area contributed by atoms with Gasteiger partial charge < -0.3 is 14.4 Å². The van der Waals surface area contributed by atoms with Gasteiger partial charge in [0.2, 0.25) is 0 Å². The van der Waals surface area contributed by atoms with Crippen LogP contribution in [0.3, 0.4) is 0 Å². The minimum atomic E-state index is -3.04. The molecule has 0 saturated carbocycles. The van der Waals surface area contributed by atoms with Gasteiger partial charge in [-0.2, -0.15) is 0 Å². The average molecular weight is 320 g/mol. The Morgan fingerprint density at radius 1 is 1.14 bits per heavy atom. The minimum Gasteiger partial charge on any atom is -0.324 e. The third-order valence-corrected chi connectivity index (χ3v) is 5.33. The van der Waals surface area contributed by atoms with Crippen molar-refractivity contribution in [2.24, 2.45) is 0 Å². The fourth-order valence-electron chi connectivity index (χ4n) is 2.16. The summed E-state index contributed by atoms with van der Waals surface area (Å²) in [5.74, 6) is -0.231. The zero-order chi connectivity index (χ0) is 16.1. The molecule has 8 heteroatoms. The van der Waals surface area contributed by atoms with Gasteiger partial charge in [-0.25, -0.2) is 4.79 Å². The number of unbranched alkanes of at least 4 members (excludes halogenated alkanes) is 1. The van der Waals surface area contributed by atoms with Crippen LogP contribution in [0.25, 0.3) is 0 Å². The first-order valence-electron chi connectivity index (χ1n) is 7.28. The molecule has 0 unspecified atom stereocenters. The van der Waals surface area contributed by atoms with Crippen LogP contribution in [0.1, 0.15) is 40.5 Å². The maximum Gasteiger partial charge on any atom is 0.330 e. The van der Waals surface area contributed by atoms with Gasteiger partial charge in [-0.3, -0.25) is 14.3 Å². The van der Waals surface area contributed by atoms with Crippen molar-refractivity contribution in [2.75, 3.05) is 25.9 Å². The summed E-state index contributed by atoms with van der Waals surface area (Å²) in [6.45, 7) is 7.85. The summed E-state index contributed by atoms with van der Waals surface area (Å²) in [4.78, 5) is 24.9. The molecule has 1 heterocycles. The Morgan fingerprint density at radius 3 is 2.14 bits per heavy atom. The van der Waals surface area contributed by atoms with Crippen LogP contribution in [0.5, 0.6) is 0 Å². The molecule has 1 fully saturated rings. The van der Waals surface area contributed by atoms with Crippen molar-refractivity contribution >= 4 is 19.5 Å². The van der Waals surface area contributed by atoms with Crippen LogP contribution in [-0.2, 0) is 18.4 Å². The molecule has 0 aromatic heterocycles. The molecule has 0 radical (unpaired) electrons. The van der Waals surface area contributed by atoms with Crippen LogP contribution in [0.15, 0.2) is 0 Å². The molecule has 1 aliphatic heterocycles. The molecule has 7 nitrogen and oxygen atoms in total. The Hall–Kier alpha value is -0.910. The highest BCUT2D eigenvalue weighted by atomic mass is 31.2. The second kappa shape index (κ2) is 7.38.